The van der Waals surface area contributed by atoms with Gasteiger partial charge in [-0.2, -0.15) is 0 Å². The Balaban J connectivity index is 2.06. The summed E-state index contributed by atoms with van der Waals surface area (Å²) in [6.07, 6.45) is 4.29. The van der Waals surface area contributed by atoms with Crippen LogP contribution in [-0.4, -0.2) is 42.5 Å². The van der Waals surface area contributed by atoms with Crippen LogP contribution in [0.4, 0.5) is 0 Å². The molecule has 0 bridgehead atoms. The van der Waals surface area contributed by atoms with E-state index >= 15 is 0 Å². The number of aliphatic hydroxyl groups excluding tert-OH is 1. The average Bonchev–Trinajstić information content (AvgIpc) is 2.65. The predicted octanol–water partition coefficient (Wildman–Crippen LogP) is 1.60. The summed E-state index contributed by atoms with van der Waals surface area (Å²) < 4.78 is 33.2. The van der Waals surface area contributed by atoms with Crippen LogP contribution in [0.1, 0.15) is 29.8 Å². The first-order chi connectivity index (χ1) is 12.4. The highest BCUT2D eigenvalue weighted by Crippen LogP contribution is 2.15. The molecule has 7 nitrogen and oxygen atoms in total. The monoisotopic (exact) mass is 379 g/mol. The van der Waals surface area contributed by atoms with Crippen LogP contribution < -0.4 is 9.46 Å². The molecule has 1 heterocycles. The molecule has 1 aromatic heterocycles. The zero-order valence-electron chi connectivity index (χ0n) is 15.1. The van der Waals surface area contributed by atoms with Gasteiger partial charge in [0.2, 0.25) is 10.0 Å². The normalized spacial score (nSPS) is 12.7. The first-order valence-corrected chi connectivity index (χ1v) is 9.99. The van der Waals surface area contributed by atoms with Gasteiger partial charge >= 0.3 is 0 Å². The van der Waals surface area contributed by atoms with Gasteiger partial charge in [-0.05, 0) is 43.0 Å². The molecule has 26 heavy (non-hydrogen) atoms. The number of aliphatic hydroxyl groups is 1. The summed E-state index contributed by atoms with van der Waals surface area (Å²) in [7, 11) is -2.01. The van der Waals surface area contributed by atoms with E-state index in [2.05, 4.69) is 14.7 Å². The molecular formula is C18H25N3O4S. The summed E-state index contributed by atoms with van der Waals surface area (Å²) in [5, 5.41) is 8.38. The topological polar surface area (TPSA) is 101 Å². The van der Waals surface area contributed by atoms with Crippen molar-refractivity contribution in [2.45, 2.75) is 38.0 Å². The smallest absolute Gasteiger partial charge is 0.215 e. The fourth-order valence-corrected chi connectivity index (χ4v) is 3.91. The number of rotatable bonds is 10. The third-order valence-corrected chi connectivity index (χ3v) is 5.83. The molecule has 1 aromatic carbocycles. The second-order valence-corrected chi connectivity index (χ2v) is 8.13. The minimum atomic E-state index is -3.59. The first kappa shape index (κ1) is 20.3. The maximum absolute atomic E-state index is 12.7. The minimum Gasteiger partial charge on any atom is -0.497 e. The minimum absolute atomic E-state index is 0.0563. The van der Waals surface area contributed by atoms with Crippen molar-refractivity contribution in [1.29, 1.82) is 0 Å². The van der Waals surface area contributed by atoms with E-state index < -0.39 is 15.3 Å². The number of ether oxygens (including phenoxy) is 1. The molecule has 0 saturated heterocycles. The van der Waals surface area contributed by atoms with Crippen LogP contribution in [0.5, 0.6) is 5.75 Å². The van der Waals surface area contributed by atoms with Gasteiger partial charge in [-0.3, -0.25) is 0 Å². The Kier molecular flexibility index (Phi) is 7.50. The fourth-order valence-electron chi connectivity index (χ4n) is 2.46. The molecule has 142 valence electrons. The van der Waals surface area contributed by atoms with E-state index in [4.69, 9.17) is 9.84 Å². The van der Waals surface area contributed by atoms with E-state index in [1.54, 1.807) is 31.6 Å². The molecule has 0 amide bonds. The van der Waals surface area contributed by atoms with Gasteiger partial charge in [-0.1, -0.05) is 12.1 Å². The molecule has 0 saturated carbocycles. The SMILES string of the molecule is COc1ccc(CNS(=O)(=O)[C@@H](CCCO)Cc2ncc(C)cn2)cc1. The highest BCUT2D eigenvalue weighted by Gasteiger charge is 2.26. The lowest BCUT2D eigenvalue weighted by Crippen LogP contribution is -2.36. The molecule has 0 aliphatic carbocycles. The Hall–Kier alpha value is -2.03. The predicted molar refractivity (Wildman–Crippen MR) is 99.3 cm³/mol. The van der Waals surface area contributed by atoms with Crippen LogP contribution in [0.25, 0.3) is 0 Å². The van der Waals surface area contributed by atoms with Gasteiger partial charge in [0, 0.05) is 32.0 Å². The quantitative estimate of drug-likeness (QED) is 0.650. The van der Waals surface area contributed by atoms with E-state index in [9.17, 15) is 8.42 Å². The molecule has 0 unspecified atom stereocenters. The fraction of sp³-hybridized carbons (Fsp3) is 0.444. The first-order valence-electron chi connectivity index (χ1n) is 8.44. The zero-order chi connectivity index (χ0) is 19.0. The highest BCUT2D eigenvalue weighted by atomic mass is 32.2. The lowest BCUT2D eigenvalue weighted by atomic mass is 10.2. The molecule has 2 N–H and O–H groups in total. The van der Waals surface area contributed by atoms with Crippen molar-refractivity contribution in [3.63, 3.8) is 0 Å². The third kappa shape index (κ3) is 6.05. The number of aromatic nitrogens is 2. The molecule has 1 atom stereocenters. The van der Waals surface area contributed by atoms with Crippen molar-refractivity contribution < 1.29 is 18.3 Å². The molecular weight excluding hydrogens is 354 g/mol. The van der Waals surface area contributed by atoms with Crippen LogP contribution in [0.3, 0.4) is 0 Å². The Labute approximate surface area is 154 Å². The summed E-state index contributed by atoms with van der Waals surface area (Å²) >= 11 is 0. The summed E-state index contributed by atoms with van der Waals surface area (Å²) in [5.74, 6) is 1.20. The number of hydrogen-bond acceptors (Lipinski definition) is 6. The lowest BCUT2D eigenvalue weighted by molar-refractivity contribution is 0.283. The van der Waals surface area contributed by atoms with Crippen molar-refractivity contribution in [1.82, 2.24) is 14.7 Å². The van der Waals surface area contributed by atoms with Crippen molar-refractivity contribution in [3.05, 3.63) is 53.6 Å². The van der Waals surface area contributed by atoms with Crippen LogP contribution in [0, 0.1) is 6.92 Å². The number of nitrogens with zero attached hydrogens (tertiary/aromatic N) is 2. The maximum Gasteiger partial charge on any atom is 0.215 e. The summed E-state index contributed by atoms with van der Waals surface area (Å²) in [6, 6.07) is 7.19. The van der Waals surface area contributed by atoms with Gasteiger partial charge in [0.05, 0.1) is 12.4 Å². The van der Waals surface area contributed by atoms with Crippen molar-refractivity contribution in [2.75, 3.05) is 13.7 Å². The van der Waals surface area contributed by atoms with Gasteiger partial charge in [0.1, 0.15) is 11.6 Å². The molecule has 0 spiro atoms. The Bertz CT molecular complexity index is 777. The summed E-state index contributed by atoms with van der Waals surface area (Å²) in [6.45, 7) is 2.01. The van der Waals surface area contributed by atoms with E-state index in [1.165, 1.54) is 0 Å². The van der Waals surface area contributed by atoms with Crippen molar-refractivity contribution >= 4 is 10.0 Å². The third-order valence-electron chi connectivity index (χ3n) is 4.00. The number of aryl methyl sites for hydroxylation is 1. The zero-order valence-corrected chi connectivity index (χ0v) is 15.9. The van der Waals surface area contributed by atoms with E-state index in [1.807, 2.05) is 19.1 Å². The molecule has 0 fully saturated rings. The number of methoxy groups -OCH3 is 1. The number of hydrogen-bond donors (Lipinski definition) is 2. The molecule has 0 aliphatic rings. The Morgan fingerprint density at radius 2 is 1.85 bits per heavy atom. The average molecular weight is 379 g/mol. The van der Waals surface area contributed by atoms with Crippen molar-refractivity contribution in [3.8, 4) is 5.75 Å². The standard InChI is InChI=1S/C18H25N3O4S/c1-14-11-19-18(20-12-14)10-17(4-3-9-22)26(23,24)21-13-15-5-7-16(25-2)8-6-15/h5-8,11-12,17,21-22H,3-4,9-10,13H2,1-2H3/t17-/m0/s1. The Morgan fingerprint density at radius 3 is 2.42 bits per heavy atom. The van der Waals surface area contributed by atoms with Crippen LogP contribution in [-0.2, 0) is 23.0 Å². The number of nitrogens with one attached hydrogen (secondary N) is 1. The molecule has 2 rings (SSSR count). The van der Waals surface area contributed by atoms with Gasteiger partial charge in [-0.15, -0.1) is 0 Å². The second kappa shape index (κ2) is 9.61. The highest BCUT2D eigenvalue weighted by molar-refractivity contribution is 7.90. The number of benzene rings is 1. The molecule has 2 aromatic rings. The van der Waals surface area contributed by atoms with Crippen LogP contribution in [0.2, 0.25) is 0 Å². The lowest BCUT2D eigenvalue weighted by Gasteiger charge is -2.17. The van der Waals surface area contributed by atoms with Gasteiger partial charge in [-0.25, -0.2) is 23.1 Å². The van der Waals surface area contributed by atoms with Crippen molar-refractivity contribution in [2.24, 2.45) is 0 Å². The van der Waals surface area contributed by atoms with Crippen LogP contribution >= 0.6 is 0 Å². The van der Waals surface area contributed by atoms with Gasteiger partial charge < -0.3 is 9.84 Å². The van der Waals surface area contributed by atoms with Gasteiger partial charge in [0.15, 0.2) is 0 Å². The molecule has 8 heteroatoms. The van der Waals surface area contributed by atoms with E-state index in [0.29, 0.717) is 24.4 Å². The largest absolute Gasteiger partial charge is 0.497 e. The second-order valence-electron chi connectivity index (χ2n) is 6.08. The Morgan fingerprint density at radius 1 is 1.19 bits per heavy atom. The van der Waals surface area contributed by atoms with Crippen LogP contribution in [0.15, 0.2) is 36.7 Å². The van der Waals surface area contributed by atoms with E-state index in [0.717, 1.165) is 11.1 Å². The molecule has 0 aliphatic heterocycles. The molecule has 0 radical (unpaired) electrons. The number of sulfonamides is 1. The maximum atomic E-state index is 12.7. The van der Waals surface area contributed by atoms with Gasteiger partial charge in [0.25, 0.3) is 0 Å². The summed E-state index contributed by atoms with van der Waals surface area (Å²) in [5.41, 5.74) is 1.75. The summed E-state index contributed by atoms with van der Waals surface area (Å²) in [4.78, 5) is 8.39. The van der Waals surface area contributed by atoms with E-state index in [-0.39, 0.29) is 19.6 Å².